The van der Waals surface area contributed by atoms with Gasteiger partial charge in [-0.3, -0.25) is 12.5 Å². The molecule has 0 radical (unpaired) electrons. The first-order valence-electron chi connectivity index (χ1n) is 15.1. The summed E-state index contributed by atoms with van der Waals surface area (Å²) in [4.78, 5) is 0. The van der Waals surface area contributed by atoms with Crippen LogP contribution >= 0.6 is 0 Å². The Labute approximate surface area is 342 Å². The fourth-order valence-electron chi connectivity index (χ4n) is 9.63. The van der Waals surface area contributed by atoms with Crippen LogP contribution in [-0.2, 0) is 43.7 Å². The van der Waals surface area contributed by atoms with E-state index in [-0.39, 0.29) is 131 Å². The molecular weight excluding hydrogens is 693 g/mol. The van der Waals surface area contributed by atoms with Gasteiger partial charge in [0.2, 0.25) is 31.2 Å². The maximum atomic E-state index is 11.9. The summed E-state index contributed by atoms with van der Waals surface area (Å²) in [7, 11) is -15.8. The van der Waals surface area contributed by atoms with E-state index in [9.17, 15) is 38.9 Å². The monoisotopic (exact) mass is 738 g/mol. The average molecular weight is 739 g/mol. The molecule has 0 saturated heterocycles. The average Bonchev–Trinajstić information content (AvgIpc) is 3.18. The standard InChI is InChI=1S/C28H48O12S3.3Na/c1-16(2)17(3)7-8-18(4)20-9-10-21-19-13-24(38-41(29,30)31)23-14-25(39-42(32,33)34)26(40-43(35,36)37)15-28(23,6)22(19)11-12-27(20,21)5;;;/h7-8,16-26H,9-15H2,1-6H3,(H,29,30,31)(H,32,33,34)(H,35,36,37);;;/q;3*+1/p-3/b8-7+;;;/t17?,18-,19+,20-,21+,22+,23-,24+,25+,26+,27-,28-;;;/m1.../s1. The first kappa shape index (κ1) is 46.4. The van der Waals surface area contributed by atoms with Gasteiger partial charge in [-0.15, -0.1) is 0 Å². The van der Waals surface area contributed by atoms with Gasteiger partial charge in [-0.1, -0.05) is 53.7 Å². The molecule has 4 aliphatic carbocycles. The molecule has 0 bridgehead atoms. The number of allylic oxidation sites excluding steroid dienone is 2. The maximum absolute atomic E-state index is 11.9. The molecule has 0 aliphatic heterocycles. The van der Waals surface area contributed by atoms with Crippen molar-refractivity contribution < 1.29 is 140 Å². The van der Waals surface area contributed by atoms with Crippen molar-refractivity contribution in [2.45, 2.75) is 105 Å². The molecule has 12 nitrogen and oxygen atoms in total. The van der Waals surface area contributed by atoms with Crippen molar-refractivity contribution in [1.29, 1.82) is 0 Å². The molecule has 4 rings (SSSR count). The second kappa shape index (κ2) is 17.0. The fraction of sp³-hybridized carbons (Fsp3) is 0.929. The van der Waals surface area contributed by atoms with E-state index in [4.69, 9.17) is 8.37 Å². The van der Waals surface area contributed by atoms with Gasteiger partial charge in [0.05, 0.1) is 6.10 Å². The van der Waals surface area contributed by atoms with Crippen molar-refractivity contribution in [3.63, 3.8) is 0 Å². The molecule has 250 valence electrons. The van der Waals surface area contributed by atoms with Gasteiger partial charge in [0.1, 0.15) is 12.2 Å². The molecule has 12 atom stereocenters. The Hall–Kier alpha value is 2.35. The molecule has 0 N–H and O–H groups in total. The van der Waals surface area contributed by atoms with Gasteiger partial charge in [0.25, 0.3) is 0 Å². The van der Waals surface area contributed by atoms with Crippen LogP contribution in [0.25, 0.3) is 0 Å². The van der Waals surface area contributed by atoms with Crippen LogP contribution in [0.4, 0.5) is 0 Å². The van der Waals surface area contributed by atoms with Gasteiger partial charge in [-0.25, -0.2) is 25.3 Å². The Bertz CT molecular complexity index is 1390. The summed E-state index contributed by atoms with van der Waals surface area (Å²) in [6.07, 6.45) is 3.33. The van der Waals surface area contributed by atoms with Gasteiger partial charge in [-0.05, 0) is 103 Å². The molecule has 0 heterocycles. The Morgan fingerprint density at radius 2 is 1.15 bits per heavy atom. The SMILES string of the molecule is CC(C)C(C)/C=C/[C@@H](C)[C@H]1CC[C@H]2[C@@H]3C[C@H](OS(=O)(=O)[O-])[C@H]4C[C@H](OS(=O)(=O)[O-])[C@@H](OS(=O)(=O)[O-])C[C@]4(C)[C@H]3CC[C@]12C.[Na+].[Na+].[Na+]. The van der Waals surface area contributed by atoms with E-state index >= 15 is 0 Å². The van der Waals surface area contributed by atoms with Crippen molar-refractivity contribution in [3.05, 3.63) is 12.2 Å². The molecule has 4 aliphatic rings. The zero-order valence-corrected chi connectivity index (χ0v) is 37.0. The van der Waals surface area contributed by atoms with Crippen LogP contribution in [0, 0.1) is 58.2 Å². The van der Waals surface area contributed by atoms with Crippen LogP contribution < -0.4 is 88.7 Å². The molecule has 4 saturated carbocycles. The summed E-state index contributed by atoms with van der Waals surface area (Å²) >= 11 is 0. The maximum Gasteiger partial charge on any atom is 1.00 e. The van der Waals surface area contributed by atoms with E-state index in [0.29, 0.717) is 23.7 Å². The summed E-state index contributed by atoms with van der Waals surface area (Å²) in [5, 5.41) is 0. The minimum absolute atomic E-state index is 0. The van der Waals surface area contributed by atoms with Gasteiger partial charge in [0, 0.05) is 0 Å². The molecular formula is C28H45Na3O12S3. The molecule has 0 spiro atoms. The van der Waals surface area contributed by atoms with Gasteiger partial charge in [-0.2, -0.15) is 0 Å². The summed E-state index contributed by atoms with van der Waals surface area (Å²) in [5.74, 6) is 0.897. The van der Waals surface area contributed by atoms with E-state index in [2.05, 4.69) is 51.0 Å². The minimum Gasteiger partial charge on any atom is -0.726 e. The molecule has 1 unspecified atom stereocenters. The van der Waals surface area contributed by atoms with Crippen LogP contribution in [0.15, 0.2) is 12.2 Å². The molecule has 0 aromatic rings. The third kappa shape index (κ3) is 10.7. The van der Waals surface area contributed by atoms with Crippen LogP contribution in [0.1, 0.15) is 86.5 Å². The van der Waals surface area contributed by atoms with Gasteiger partial charge < -0.3 is 13.7 Å². The minimum atomic E-state index is -5.35. The van der Waals surface area contributed by atoms with Crippen LogP contribution in [-0.4, -0.2) is 57.2 Å². The molecule has 0 aromatic carbocycles. The topological polar surface area (TPSA) is 199 Å². The number of hydrogen-bond donors (Lipinski definition) is 0. The van der Waals surface area contributed by atoms with Crippen LogP contribution in [0.5, 0.6) is 0 Å². The molecule has 18 heteroatoms. The zero-order valence-electron chi connectivity index (χ0n) is 28.6. The van der Waals surface area contributed by atoms with Crippen molar-refractivity contribution in [3.8, 4) is 0 Å². The van der Waals surface area contributed by atoms with E-state index in [1.165, 1.54) is 0 Å². The van der Waals surface area contributed by atoms with E-state index < -0.39 is 60.8 Å². The smallest absolute Gasteiger partial charge is 0.726 e. The van der Waals surface area contributed by atoms with Crippen molar-refractivity contribution in [1.82, 2.24) is 0 Å². The Kier molecular flexibility index (Phi) is 17.1. The molecule has 0 amide bonds. The van der Waals surface area contributed by atoms with Crippen LogP contribution in [0.3, 0.4) is 0 Å². The predicted molar refractivity (Wildman–Crippen MR) is 152 cm³/mol. The number of hydrogen-bond acceptors (Lipinski definition) is 12. The Balaban J connectivity index is 0.00000353. The molecule has 4 fully saturated rings. The third-order valence-electron chi connectivity index (χ3n) is 11.8. The van der Waals surface area contributed by atoms with Crippen molar-refractivity contribution in [2.75, 3.05) is 0 Å². The predicted octanol–water partition coefficient (Wildman–Crippen LogP) is -5.10. The molecule has 0 aromatic heterocycles. The first-order chi connectivity index (χ1) is 19.5. The Morgan fingerprint density at radius 3 is 1.67 bits per heavy atom. The van der Waals surface area contributed by atoms with E-state index in [1.54, 1.807) is 0 Å². The van der Waals surface area contributed by atoms with Crippen molar-refractivity contribution >= 4 is 31.2 Å². The number of fused-ring (bicyclic) bond motifs is 5. The number of rotatable bonds is 10. The summed E-state index contributed by atoms with van der Waals surface area (Å²) in [6, 6.07) is 0. The quantitative estimate of drug-likeness (QED) is 0.0896. The third-order valence-corrected chi connectivity index (χ3v) is 13.3. The van der Waals surface area contributed by atoms with Gasteiger partial charge in [0.15, 0.2) is 0 Å². The summed E-state index contributed by atoms with van der Waals surface area (Å²) < 4.78 is 120. The second-order valence-corrected chi connectivity index (χ2v) is 17.4. The Morgan fingerprint density at radius 1 is 0.652 bits per heavy atom. The largest absolute Gasteiger partial charge is 1.00 e. The zero-order chi connectivity index (χ0) is 32.3. The second-order valence-electron chi connectivity index (χ2n) is 14.4. The molecule has 46 heavy (non-hydrogen) atoms. The first-order valence-corrected chi connectivity index (χ1v) is 19.1. The van der Waals surface area contributed by atoms with E-state index in [1.807, 2.05) is 6.92 Å². The van der Waals surface area contributed by atoms with Gasteiger partial charge >= 0.3 is 88.7 Å². The summed E-state index contributed by atoms with van der Waals surface area (Å²) in [6.45, 7) is 12.9. The summed E-state index contributed by atoms with van der Waals surface area (Å²) in [5.41, 5.74) is -0.973. The fourth-order valence-corrected chi connectivity index (χ4v) is 11.1. The van der Waals surface area contributed by atoms with Crippen molar-refractivity contribution in [2.24, 2.45) is 58.2 Å². The normalized spacial score (nSPS) is 39.2. The van der Waals surface area contributed by atoms with E-state index in [0.717, 1.165) is 25.7 Å². The van der Waals surface area contributed by atoms with Crippen LogP contribution in [0.2, 0.25) is 0 Å².